The number of aromatic amines is 2. The summed E-state index contributed by atoms with van der Waals surface area (Å²) in [6.45, 7) is 18.4. The lowest BCUT2D eigenvalue weighted by atomic mass is 10.1. The van der Waals surface area contributed by atoms with E-state index < -0.39 is 40.8 Å². The van der Waals surface area contributed by atoms with Gasteiger partial charge in [0.05, 0.1) is 6.92 Å². The van der Waals surface area contributed by atoms with Crippen LogP contribution in [0.15, 0.2) is 85.9 Å². The standard InChI is InChI=1S/C15H18FN3O2.C15H17N3O2.C7H14ClFN2.C2H4O2/c1-9(2)19-14(20)12(16)13(18-15(19)21)17-10(3)11-7-5-4-6-8-11;1-10(2)18-14(19)9-13(17-15(18)20)16-11(3)12-7-5-4-6-8-12;8-7-10-1-4-11(9,5-2-10)6-3-10;1-2(3)4/h4-10,17H,1-3H3,(H,18,21);4-11H,1H2,2-3H3,(H-,16,17,19,20);1-7H2;1H3,(H,3,4)/q;;+2;/p+1/t10-;10?,11-;;/m00../s1. The molecule has 5 heterocycles. The number of carbonyl (C=O) groups is 1. The average Bonchev–Trinajstić information content (AvgIpc) is 3.14. The van der Waals surface area contributed by atoms with E-state index in [1.807, 2.05) is 74.5 Å². The summed E-state index contributed by atoms with van der Waals surface area (Å²) in [7, 11) is 0. The van der Waals surface area contributed by atoms with Gasteiger partial charge in [-0.25, -0.2) is 14.2 Å². The highest BCUT2D eigenvalue weighted by atomic mass is 35.5. The first-order valence-corrected chi connectivity index (χ1v) is 18.9. The van der Waals surface area contributed by atoms with Crippen molar-refractivity contribution < 1.29 is 28.0 Å². The fourth-order valence-corrected chi connectivity index (χ4v) is 6.58. The molecule has 2 bridgehead atoms. The van der Waals surface area contributed by atoms with E-state index >= 15 is 0 Å². The third-order valence-electron chi connectivity index (χ3n) is 9.51. The van der Waals surface area contributed by atoms with E-state index in [2.05, 4.69) is 27.5 Å². The summed E-state index contributed by atoms with van der Waals surface area (Å²) in [5.74, 6) is -1.59. The molecule has 3 aliphatic rings. The fourth-order valence-electron chi connectivity index (χ4n) is 6.22. The summed E-state index contributed by atoms with van der Waals surface area (Å²) in [5, 5.41) is 13.4. The smallest absolute Gasteiger partial charge is 0.333 e. The predicted molar refractivity (Wildman–Crippen MR) is 215 cm³/mol. The van der Waals surface area contributed by atoms with Crippen molar-refractivity contribution in [1.82, 2.24) is 19.1 Å². The normalized spacial score (nSPS) is 19.8. The number of hydrogen-bond donors (Lipinski definition) is 5. The Morgan fingerprint density at radius 1 is 0.821 bits per heavy atom. The number of carboxylic acid groups (broad SMARTS) is 1. The Labute approximate surface area is 329 Å². The van der Waals surface area contributed by atoms with Crippen molar-refractivity contribution in [2.45, 2.75) is 65.7 Å². The van der Waals surface area contributed by atoms with Gasteiger partial charge < -0.3 is 15.7 Å². The number of H-pyrrole nitrogens is 2. The van der Waals surface area contributed by atoms with Crippen molar-refractivity contribution in [3.63, 3.8) is 0 Å². The number of nitrogens with zero attached hydrogens (tertiary/aromatic N) is 4. The van der Waals surface area contributed by atoms with E-state index in [4.69, 9.17) is 21.5 Å². The third kappa shape index (κ3) is 12.4. The molecule has 3 aliphatic heterocycles. The number of piperazine rings is 3. The highest BCUT2D eigenvalue weighted by Crippen LogP contribution is 2.27. The highest BCUT2D eigenvalue weighted by Gasteiger charge is 2.50. The van der Waals surface area contributed by atoms with Crippen molar-refractivity contribution in [2.24, 2.45) is 0 Å². The number of benzene rings is 2. The Morgan fingerprint density at radius 2 is 1.27 bits per heavy atom. The number of carboxylic acids is 1. The molecular weight excluding hydrogens is 750 g/mol. The van der Waals surface area contributed by atoms with Gasteiger partial charge in [0.2, 0.25) is 5.82 Å². The van der Waals surface area contributed by atoms with Gasteiger partial charge in [0.1, 0.15) is 31.3 Å². The number of anilines is 2. The lowest BCUT2D eigenvalue weighted by Crippen LogP contribution is -2.71. The molecule has 3 atom stereocenters. The molecular formula is C39H54ClF2N8O6+3. The maximum Gasteiger partial charge on any atom is 0.333 e. The van der Waals surface area contributed by atoms with Crippen LogP contribution in [0.4, 0.5) is 20.5 Å². The molecule has 3 fully saturated rings. The van der Waals surface area contributed by atoms with Crippen LogP contribution in [-0.2, 0) is 4.79 Å². The number of rotatable bonds is 9. The van der Waals surface area contributed by atoms with Gasteiger partial charge in [-0.1, -0.05) is 72.3 Å². The molecule has 3 saturated heterocycles. The van der Waals surface area contributed by atoms with Crippen LogP contribution in [0.25, 0.3) is 0 Å². The van der Waals surface area contributed by atoms with E-state index in [0.29, 0.717) is 31.5 Å². The number of halogens is 3. The zero-order valence-electron chi connectivity index (χ0n) is 32.7. The molecule has 0 radical (unpaired) electrons. The summed E-state index contributed by atoms with van der Waals surface area (Å²) in [6, 6.07) is 20.1. The van der Waals surface area contributed by atoms with Crippen molar-refractivity contribution in [1.29, 1.82) is 0 Å². The predicted octanol–water partition coefficient (Wildman–Crippen LogP) is 5.35. The Balaban J connectivity index is 0.000000223. The van der Waals surface area contributed by atoms with Crippen LogP contribution < -0.4 is 33.1 Å². The SMILES string of the molecule is CC(=O)O.CC(C)n1c(=O)[nH]c(N[C@@H](C)c2ccccc2)c(F)c1=O.F[N+]12CC[N+](CCl)(CC1)CC2.[CH2+]C(C)n1c(=O)cc(N[C@@H](C)c2ccccc2)[nH]c1=O. The van der Waals surface area contributed by atoms with E-state index in [9.17, 15) is 28.0 Å². The second-order valence-corrected chi connectivity index (χ2v) is 14.6. The van der Waals surface area contributed by atoms with Gasteiger partial charge in [-0.3, -0.25) is 33.4 Å². The van der Waals surface area contributed by atoms with Gasteiger partial charge in [0.25, 0.3) is 17.1 Å². The molecule has 56 heavy (non-hydrogen) atoms. The van der Waals surface area contributed by atoms with Crippen LogP contribution in [0.1, 0.15) is 76.8 Å². The van der Waals surface area contributed by atoms with Gasteiger partial charge in [0.15, 0.2) is 31.7 Å². The van der Waals surface area contributed by atoms with E-state index in [0.717, 1.165) is 51.3 Å². The highest BCUT2D eigenvalue weighted by molar-refractivity contribution is 6.17. The van der Waals surface area contributed by atoms with Crippen LogP contribution in [0.2, 0.25) is 0 Å². The minimum absolute atomic E-state index is 0.0146. The molecule has 2 aromatic carbocycles. The number of nitrogens with one attached hydrogen (secondary N) is 4. The minimum Gasteiger partial charge on any atom is -0.481 e. The molecule has 1 unspecified atom stereocenters. The molecule has 17 heteroatoms. The summed E-state index contributed by atoms with van der Waals surface area (Å²) in [5.41, 5.74) is -0.369. The van der Waals surface area contributed by atoms with Crippen LogP contribution in [0, 0.1) is 12.7 Å². The van der Waals surface area contributed by atoms with Crippen molar-refractivity contribution in [3.05, 3.63) is 132 Å². The molecule has 0 spiro atoms. The number of aromatic nitrogens is 4. The van der Waals surface area contributed by atoms with Gasteiger partial charge in [0, 0.05) is 31.1 Å². The zero-order chi connectivity index (χ0) is 41.8. The van der Waals surface area contributed by atoms with E-state index in [1.54, 1.807) is 20.8 Å². The molecule has 304 valence electrons. The van der Waals surface area contributed by atoms with Gasteiger partial charge in [-0.15, -0.1) is 4.71 Å². The summed E-state index contributed by atoms with van der Waals surface area (Å²) in [6.07, 6.45) is 0. The van der Waals surface area contributed by atoms with E-state index in [-0.39, 0.29) is 28.2 Å². The monoisotopic (exact) mass is 803 g/mol. The molecule has 7 rings (SSSR count). The Kier molecular flexibility index (Phi) is 16.2. The molecule has 14 nitrogen and oxygen atoms in total. The quantitative estimate of drug-likeness (QED) is 0.0496. The van der Waals surface area contributed by atoms with Crippen LogP contribution in [-0.4, -0.2) is 84.6 Å². The van der Waals surface area contributed by atoms with E-state index in [1.165, 1.54) is 6.07 Å². The Hall–Kier alpha value is -5.19. The third-order valence-corrected chi connectivity index (χ3v) is 10.0. The largest absolute Gasteiger partial charge is 0.481 e. The molecule has 0 saturated carbocycles. The number of fused-ring (bicyclic) bond motifs is 3. The fraction of sp³-hybridized carbons (Fsp3) is 0.436. The molecule has 4 aromatic rings. The molecule has 5 N–H and O–H groups in total. The average molecular weight is 804 g/mol. The van der Waals surface area contributed by atoms with Crippen molar-refractivity contribution >= 4 is 29.2 Å². The second kappa shape index (κ2) is 20.1. The lowest BCUT2D eigenvalue weighted by Gasteiger charge is -2.48. The maximum absolute atomic E-state index is 14.1. The van der Waals surface area contributed by atoms with Gasteiger partial charge in [-0.05, 0) is 50.2 Å². The van der Waals surface area contributed by atoms with Crippen LogP contribution >= 0.6 is 11.6 Å². The summed E-state index contributed by atoms with van der Waals surface area (Å²) < 4.78 is 30.3. The second-order valence-electron chi connectivity index (χ2n) is 14.3. The topological polar surface area (TPSA) is 171 Å². The molecule has 0 aliphatic carbocycles. The summed E-state index contributed by atoms with van der Waals surface area (Å²) in [4.78, 5) is 61.5. The van der Waals surface area contributed by atoms with Crippen LogP contribution in [0.3, 0.4) is 0 Å². The molecule has 0 amide bonds. The van der Waals surface area contributed by atoms with Gasteiger partial charge in [-0.2, -0.15) is 4.39 Å². The Bertz CT molecular complexity index is 2060. The zero-order valence-corrected chi connectivity index (χ0v) is 33.5. The Morgan fingerprint density at radius 3 is 1.68 bits per heavy atom. The molecule has 2 aromatic heterocycles. The van der Waals surface area contributed by atoms with Gasteiger partial charge >= 0.3 is 11.4 Å². The number of aliphatic carboxylic acids is 1. The first-order chi connectivity index (χ1) is 26.3. The number of quaternary nitrogens is 2. The number of alkyl halides is 1. The first-order valence-electron chi connectivity index (χ1n) is 18.3. The lowest BCUT2D eigenvalue weighted by molar-refractivity contribution is -1.15. The van der Waals surface area contributed by atoms with Crippen molar-refractivity contribution in [3.8, 4) is 0 Å². The minimum atomic E-state index is -0.980. The number of hydrogen-bond acceptors (Lipinski definition) is 7. The maximum atomic E-state index is 14.1. The summed E-state index contributed by atoms with van der Waals surface area (Å²) >= 11 is 5.85. The van der Waals surface area contributed by atoms with Crippen LogP contribution in [0.5, 0.6) is 0 Å². The first kappa shape index (κ1) is 45.2. The van der Waals surface area contributed by atoms with Crippen molar-refractivity contribution in [2.75, 3.05) is 55.9 Å².